The smallest absolute Gasteiger partial charge is 0.222 e. The summed E-state index contributed by atoms with van der Waals surface area (Å²) in [6, 6.07) is 0. The Hall–Kier alpha value is -0.610. The molecular weight excluding hydrogens is 206 g/mol. The molecule has 2 aliphatic rings. The number of carbonyl (C=O) groups is 1. The molecule has 4 heteroatoms. The van der Waals surface area contributed by atoms with Gasteiger partial charge >= 0.3 is 0 Å². The highest BCUT2D eigenvalue weighted by atomic mass is 16.7. The van der Waals surface area contributed by atoms with Crippen molar-refractivity contribution < 1.29 is 14.3 Å². The molecule has 0 bridgehead atoms. The molecule has 4 nitrogen and oxygen atoms in total. The van der Waals surface area contributed by atoms with Crippen molar-refractivity contribution in [2.75, 3.05) is 27.3 Å². The van der Waals surface area contributed by atoms with Crippen LogP contribution in [0.25, 0.3) is 0 Å². The van der Waals surface area contributed by atoms with Crippen LogP contribution in [0, 0.1) is 5.92 Å². The molecule has 16 heavy (non-hydrogen) atoms. The molecule has 1 saturated carbocycles. The second kappa shape index (κ2) is 4.72. The minimum Gasteiger partial charge on any atom is -0.349 e. The molecule has 0 aromatic carbocycles. The fourth-order valence-corrected chi connectivity index (χ4v) is 2.54. The lowest BCUT2D eigenvalue weighted by Gasteiger charge is -2.35. The second-order valence-corrected chi connectivity index (χ2v) is 5.04. The summed E-state index contributed by atoms with van der Waals surface area (Å²) in [4.78, 5) is 13.3. The van der Waals surface area contributed by atoms with Gasteiger partial charge in [-0.25, -0.2) is 0 Å². The van der Waals surface area contributed by atoms with E-state index in [0.717, 1.165) is 38.9 Å². The lowest BCUT2D eigenvalue weighted by molar-refractivity contribution is -0.183. The number of hydrogen-bond acceptors (Lipinski definition) is 3. The first-order valence-electron chi connectivity index (χ1n) is 6.09. The summed E-state index contributed by atoms with van der Waals surface area (Å²) < 4.78 is 11.3. The van der Waals surface area contributed by atoms with Crippen LogP contribution in [0.15, 0.2) is 0 Å². The summed E-state index contributed by atoms with van der Waals surface area (Å²) in [6.45, 7) is 1.45. The highest BCUT2D eigenvalue weighted by Gasteiger charge is 2.40. The van der Waals surface area contributed by atoms with Crippen LogP contribution in [0.1, 0.15) is 32.1 Å². The predicted molar refractivity (Wildman–Crippen MR) is 59.9 cm³/mol. The van der Waals surface area contributed by atoms with E-state index in [2.05, 4.69) is 0 Å². The standard InChI is InChI=1S/C12H21NO3/c1-13(2)11(14)9-10-3-5-12(6-4-10)15-7-8-16-12/h10H,3-9H2,1-2H3. The SMILES string of the molecule is CN(C)C(=O)CC1CCC2(CC1)OCCO2. The van der Waals surface area contributed by atoms with E-state index >= 15 is 0 Å². The normalized spacial score (nSPS) is 24.9. The zero-order valence-corrected chi connectivity index (χ0v) is 10.2. The van der Waals surface area contributed by atoms with Gasteiger partial charge in [0.25, 0.3) is 0 Å². The fourth-order valence-electron chi connectivity index (χ4n) is 2.54. The number of carbonyl (C=O) groups excluding carboxylic acids is 1. The summed E-state index contributed by atoms with van der Waals surface area (Å²) in [5.74, 6) is 0.444. The molecule has 0 aromatic rings. The number of ether oxygens (including phenoxy) is 2. The zero-order chi connectivity index (χ0) is 11.6. The molecule has 0 radical (unpaired) electrons. The van der Waals surface area contributed by atoms with E-state index in [1.54, 1.807) is 4.90 Å². The van der Waals surface area contributed by atoms with Gasteiger partial charge in [-0.3, -0.25) is 4.79 Å². The Labute approximate surface area is 96.9 Å². The summed E-state index contributed by atoms with van der Waals surface area (Å²) in [5.41, 5.74) is 0. The largest absolute Gasteiger partial charge is 0.349 e. The Morgan fingerprint density at radius 3 is 2.31 bits per heavy atom. The van der Waals surface area contributed by atoms with Gasteiger partial charge in [0, 0.05) is 33.4 Å². The van der Waals surface area contributed by atoms with Crippen molar-refractivity contribution in [2.45, 2.75) is 37.9 Å². The van der Waals surface area contributed by atoms with Gasteiger partial charge < -0.3 is 14.4 Å². The zero-order valence-electron chi connectivity index (χ0n) is 10.2. The monoisotopic (exact) mass is 227 g/mol. The summed E-state index contributed by atoms with van der Waals surface area (Å²) in [5, 5.41) is 0. The van der Waals surface area contributed by atoms with Gasteiger partial charge in [-0.1, -0.05) is 0 Å². The Morgan fingerprint density at radius 1 is 1.25 bits per heavy atom. The molecule has 92 valence electrons. The Morgan fingerprint density at radius 2 is 1.81 bits per heavy atom. The maximum absolute atomic E-state index is 11.6. The van der Waals surface area contributed by atoms with Crippen LogP contribution in [-0.2, 0) is 14.3 Å². The van der Waals surface area contributed by atoms with E-state index in [0.29, 0.717) is 12.3 Å². The van der Waals surface area contributed by atoms with E-state index in [1.807, 2.05) is 14.1 Å². The number of hydrogen-bond donors (Lipinski definition) is 0. The molecule has 1 saturated heterocycles. The third kappa shape index (κ3) is 2.55. The molecule has 1 spiro atoms. The molecule has 1 aliphatic carbocycles. The lowest BCUT2D eigenvalue weighted by Crippen LogP contribution is -2.36. The maximum Gasteiger partial charge on any atom is 0.222 e. The van der Waals surface area contributed by atoms with Crippen LogP contribution in [0.4, 0.5) is 0 Å². The van der Waals surface area contributed by atoms with Crippen molar-refractivity contribution in [3.63, 3.8) is 0 Å². The van der Waals surface area contributed by atoms with Gasteiger partial charge in [0.15, 0.2) is 5.79 Å². The van der Waals surface area contributed by atoms with Crippen molar-refractivity contribution in [1.29, 1.82) is 0 Å². The minimum absolute atomic E-state index is 0.231. The number of nitrogens with zero attached hydrogens (tertiary/aromatic N) is 1. The van der Waals surface area contributed by atoms with Crippen LogP contribution in [0.2, 0.25) is 0 Å². The topological polar surface area (TPSA) is 38.8 Å². The maximum atomic E-state index is 11.6. The van der Waals surface area contributed by atoms with Crippen LogP contribution in [0.3, 0.4) is 0 Å². The van der Waals surface area contributed by atoms with Gasteiger partial charge in [0.1, 0.15) is 0 Å². The average Bonchev–Trinajstić information content (AvgIpc) is 2.70. The fraction of sp³-hybridized carbons (Fsp3) is 0.917. The first-order valence-corrected chi connectivity index (χ1v) is 6.09. The highest BCUT2D eigenvalue weighted by Crippen LogP contribution is 2.39. The predicted octanol–water partition coefficient (Wildman–Crippen LogP) is 1.40. The minimum atomic E-state index is -0.294. The average molecular weight is 227 g/mol. The Bertz CT molecular complexity index is 249. The number of amides is 1. The Balaban J connectivity index is 1.79. The molecule has 0 aromatic heterocycles. The van der Waals surface area contributed by atoms with E-state index in [1.165, 1.54) is 0 Å². The molecule has 0 unspecified atom stereocenters. The van der Waals surface area contributed by atoms with E-state index in [9.17, 15) is 4.79 Å². The van der Waals surface area contributed by atoms with Crippen LogP contribution < -0.4 is 0 Å². The van der Waals surface area contributed by atoms with E-state index in [-0.39, 0.29) is 11.7 Å². The third-order valence-electron chi connectivity index (χ3n) is 3.64. The summed E-state index contributed by atoms with van der Waals surface area (Å²) in [7, 11) is 3.63. The van der Waals surface area contributed by atoms with Gasteiger partial charge in [-0.05, 0) is 18.8 Å². The number of rotatable bonds is 2. The van der Waals surface area contributed by atoms with E-state index in [4.69, 9.17) is 9.47 Å². The molecule has 0 atom stereocenters. The third-order valence-corrected chi connectivity index (χ3v) is 3.64. The lowest BCUT2D eigenvalue weighted by atomic mass is 9.83. The van der Waals surface area contributed by atoms with Crippen LogP contribution in [0.5, 0.6) is 0 Å². The van der Waals surface area contributed by atoms with Crippen molar-refractivity contribution in [3.05, 3.63) is 0 Å². The molecule has 2 fully saturated rings. The summed E-state index contributed by atoms with van der Waals surface area (Å²) >= 11 is 0. The Kier molecular flexibility index (Phi) is 3.50. The van der Waals surface area contributed by atoms with Crippen LogP contribution >= 0.6 is 0 Å². The van der Waals surface area contributed by atoms with Crippen molar-refractivity contribution in [2.24, 2.45) is 5.92 Å². The highest BCUT2D eigenvalue weighted by molar-refractivity contribution is 5.75. The van der Waals surface area contributed by atoms with E-state index < -0.39 is 0 Å². The van der Waals surface area contributed by atoms with Gasteiger partial charge in [0.2, 0.25) is 5.91 Å². The molecule has 2 rings (SSSR count). The molecule has 1 heterocycles. The molecular formula is C12H21NO3. The molecule has 1 amide bonds. The second-order valence-electron chi connectivity index (χ2n) is 5.04. The van der Waals surface area contributed by atoms with Crippen LogP contribution in [-0.4, -0.2) is 43.9 Å². The molecule has 0 N–H and O–H groups in total. The van der Waals surface area contributed by atoms with Crippen molar-refractivity contribution >= 4 is 5.91 Å². The quantitative estimate of drug-likeness (QED) is 0.715. The van der Waals surface area contributed by atoms with Gasteiger partial charge in [-0.15, -0.1) is 0 Å². The van der Waals surface area contributed by atoms with Gasteiger partial charge in [0.05, 0.1) is 13.2 Å². The van der Waals surface area contributed by atoms with Crippen molar-refractivity contribution in [3.8, 4) is 0 Å². The van der Waals surface area contributed by atoms with Crippen molar-refractivity contribution in [1.82, 2.24) is 4.90 Å². The first-order chi connectivity index (χ1) is 7.61. The first kappa shape index (κ1) is 11.9. The summed E-state index contributed by atoms with van der Waals surface area (Å²) in [6.07, 6.45) is 4.64. The van der Waals surface area contributed by atoms with Gasteiger partial charge in [-0.2, -0.15) is 0 Å². The molecule has 1 aliphatic heterocycles.